The minimum absolute atomic E-state index is 0.00681. The van der Waals surface area contributed by atoms with E-state index in [1.54, 1.807) is 0 Å². The fourth-order valence-electron chi connectivity index (χ4n) is 6.53. The summed E-state index contributed by atoms with van der Waals surface area (Å²) in [5.41, 5.74) is 1.14. The Morgan fingerprint density at radius 2 is 1.07 bits per heavy atom. The third-order valence-electron chi connectivity index (χ3n) is 10.1. The van der Waals surface area contributed by atoms with E-state index in [9.17, 15) is 65.9 Å². The molecule has 1 aliphatic carbocycles. The molecule has 0 unspecified atom stereocenters. The standard InChI is InChI=1S/C37H41F17O/c1-2-3-4-7-23-9-11-25(12-10-23)15-18-27-19-20-28(30(39)29(27)38)26-16-13-24(14-17-26)8-5-6-21-55-22-31(40,41)32(42,43)33(44,45)34(46,47)35(48,49)36(50,51)37(52,53)54/h13-14,16-17,19-20,23,25H,2-12,15,18,21-22H2,1H3. The summed E-state index contributed by atoms with van der Waals surface area (Å²) in [5.74, 6) is -47.7. The van der Waals surface area contributed by atoms with E-state index in [0.29, 0.717) is 23.5 Å². The van der Waals surface area contributed by atoms with Crippen molar-refractivity contribution in [1.82, 2.24) is 0 Å². The van der Waals surface area contributed by atoms with Gasteiger partial charge in [0.15, 0.2) is 11.6 Å². The molecule has 3 rings (SSSR count). The molecule has 0 heterocycles. The molecule has 18 heteroatoms. The maximum Gasteiger partial charge on any atom is 0.460 e. The summed E-state index contributed by atoms with van der Waals surface area (Å²) in [7, 11) is 0. The predicted molar refractivity (Wildman–Crippen MR) is 169 cm³/mol. The van der Waals surface area contributed by atoms with Crippen LogP contribution in [0, 0.1) is 23.5 Å². The van der Waals surface area contributed by atoms with Crippen LogP contribution in [0.3, 0.4) is 0 Å². The number of hydrogen-bond acceptors (Lipinski definition) is 1. The lowest BCUT2D eigenvalue weighted by Gasteiger charge is -2.41. The Labute approximate surface area is 307 Å². The van der Waals surface area contributed by atoms with Gasteiger partial charge in [-0.15, -0.1) is 0 Å². The van der Waals surface area contributed by atoms with Crippen molar-refractivity contribution in [2.24, 2.45) is 11.8 Å². The first-order valence-corrected chi connectivity index (χ1v) is 17.7. The number of ether oxygens (including phenoxy) is 1. The number of halogens is 17. The number of benzene rings is 2. The third-order valence-corrected chi connectivity index (χ3v) is 10.1. The first-order chi connectivity index (χ1) is 25.3. The van der Waals surface area contributed by atoms with E-state index in [2.05, 4.69) is 11.7 Å². The molecule has 0 saturated heterocycles. The largest absolute Gasteiger partial charge is 0.460 e. The van der Waals surface area contributed by atoms with Gasteiger partial charge >= 0.3 is 41.7 Å². The first-order valence-electron chi connectivity index (χ1n) is 17.7. The van der Waals surface area contributed by atoms with Crippen LogP contribution >= 0.6 is 0 Å². The molecule has 0 aliphatic heterocycles. The normalized spacial score (nSPS) is 18.2. The molecule has 0 radical (unpaired) electrons. The molecule has 2 aromatic carbocycles. The molecule has 0 spiro atoms. The van der Waals surface area contributed by atoms with E-state index in [1.165, 1.54) is 62.1 Å². The van der Waals surface area contributed by atoms with E-state index in [0.717, 1.165) is 38.0 Å². The first kappa shape index (κ1) is 46.6. The smallest absolute Gasteiger partial charge is 0.375 e. The molecule has 1 nitrogen and oxygen atoms in total. The minimum atomic E-state index is -8.34. The lowest BCUT2D eigenvalue weighted by atomic mass is 9.77. The van der Waals surface area contributed by atoms with Crippen molar-refractivity contribution in [3.63, 3.8) is 0 Å². The van der Waals surface area contributed by atoms with Gasteiger partial charge in [0, 0.05) is 12.2 Å². The summed E-state index contributed by atoms with van der Waals surface area (Å²) >= 11 is 0. The molecule has 0 N–H and O–H groups in total. The number of alkyl halides is 15. The molecular formula is C37H41F17O. The Hall–Kier alpha value is -2.79. The second kappa shape index (κ2) is 17.8. The summed E-state index contributed by atoms with van der Waals surface area (Å²) in [5, 5.41) is 0. The number of unbranched alkanes of at least 4 members (excludes halogenated alkanes) is 3. The van der Waals surface area contributed by atoms with Crippen LogP contribution in [0.5, 0.6) is 0 Å². The van der Waals surface area contributed by atoms with Crippen LogP contribution in [0.15, 0.2) is 36.4 Å². The summed E-state index contributed by atoms with van der Waals surface area (Å²) < 4.78 is 234. The highest BCUT2D eigenvalue weighted by Gasteiger charge is 2.93. The molecule has 0 atom stereocenters. The summed E-state index contributed by atoms with van der Waals surface area (Å²) in [4.78, 5) is 0. The zero-order chi connectivity index (χ0) is 41.7. The lowest BCUT2D eigenvalue weighted by Crippen LogP contribution is -2.73. The minimum Gasteiger partial charge on any atom is -0.375 e. The SMILES string of the molecule is CCCCCC1CCC(CCc2ccc(-c3ccc(CCCCOCC(F)(F)C(F)(F)C(F)(F)C(F)(F)C(F)(F)C(F)(F)C(F)(F)F)cc3)c(F)c2F)CC1. The molecule has 314 valence electrons. The van der Waals surface area contributed by atoms with Gasteiger partial charge in [-0.3, -0.25) is 0 Å². The third kappa shape index (κ3) is 9.85. The van der Waals surface area contributed by atoms with Gasteiger partial charge in [0.05, 0.1) is 0 Å². The van der Waals surface area contributed by atoms with Gasteiger partial charge in [-0.1, -0.05) is 94.7 Å². The Kier molecular flexibility index (Phi) is 15.1. The molecule has 1 fully saturated rings. The molecule has 1 saturated carbocycles. The van der Waals surface area contributed by atoms with Crippen LogP contribution in [0.4, 0.5) is 74.6 Å². The van der Waals surface area contributed by atoms with E-state index >= 15 is 8.78 Å². The van der Waals surface area contributed by atoms with Crippen molar-refractivity contribution >= 4 is 0 Å². The van der Waals surface area contributed by atoms with Crippen LogP contribution in [0.1, 0.15) is 88.7 Å². The maximum atomic E-state index is 15.1. The van der Waals surface area contributed by atoms with Gasteiger partial charge in [-0.2, -0.15) is 65.9 Å². The van der Waals surface area contributed by atoms with E-state index < -0.39 is 66.6 Å². The van der Waals surface area contributed by atoms with Crippen molar-refractivity contribution < 1.29 is 79.4 Å². The van der Waals surface area contributed by atoms with Crippen LogP contribution in [0.2, 0.25) is 0 Å². The summed E-state index contributed by atoms with van der Waals surface area (Å²) in [6.45, 7) is -1.59. The van der Waals surface area contributed by atoms with Crippen LogP contribution in [0.25, 0.3) is 11.1 Å². The second-order valence-corrected chi connectivity index (χ2v) is 14.1. The second-order valence-electron chi connectivity index (χ2n) is 14.1. The van der Waals surface area contributed by atoms with Gasteiger partial charge in [0.25, 0.3) is 0 Å². The van der Waals surface area contributed by atoms with Gasteiger partial charge < -0.3 is 4.74 Å². The van der Waals surface area contributed by atoms with Gasteiger partial charge in [0.1, 0.15) is 6.61 Å². The summed E-state index contributed by atoms with van der Waals surface area (Å²) in [6.07, 6.45) is 2.68. The Morgan fingerprint density at radius 1 is 0.545 bits per heavy atom. The Balaban J connectivity index is 1.49. The molecule has 0 bridgehead atoms. The van der Waals surface area contributed by atoms with E-state index in [1.807, 2.05) is 0 Å². The van der Waals surface area contributed by atoms with Gasteiger partial charge in [-0.05, 0) is 60.6 Å². The van der Waals surface area contributed by atoms with E-state index in [-0.39, 0.29) is 30.4 Å². The van der Waals surface area contributed by atoms with Crippen molar-refractivity contribution in [3.05, 3.63) is 59.2 Å². The van der Waals surface area contributed by atoms with E-state index in [4.69, 9.17) is 0 Å². The highest BCUT2D eigenvalue weighted by molar-refractivity contribution is 5.65. The predicted octanol–water partition coefficient (Wildman–Crippen LogP) is 13.7. The molecule has 55 heavy (non-hydrogen) atoms. The number of aryl methyl sites for hydroxylation is 2. The number of hydrogen-bond donors (Lipinski definition) is 0. The fourth-order valence-corrected chi connectivity index (χ4v) is 6.53. The maximum absolute atomic E-state index is 15.1. The van der Waals surface area contributed by atoms with Crippen molar-refractivity contribution in [2.45, 2.75) is 132 Å². The highest BCUT2D eigenvalue weighted by Crippen LogP contribution is 2.62. The van der Waals surface area contributed by atoms with Gasteiger partial charge in [-0.25, -0.2) is 8.78 Å². The fraction of sp³-hybridized carbons (Fsp3) is 0.676. The molecule has 0 aromatic heterocycles. The van der Waals surface area contributed by atoms with Crippen LogP contribution < -0.4 is 0 Å². The van der Waals surface area contributed by atoms with Crippen molar-refractivity contribution in [1.29, 1.82) is 0 Å². The number of rotatable bonds is 20. The molecule has 1 aliphatic rings. The Morgan fingerprint density at radius 3 is 1.62 bits per heavy atom. The highest BCUT2D eigenvalue weighted by atomic mass is 19.4. The van der Waals surface area contributed by atoms with Crippen LogP contribution in [-0.4, -0.2) is 54.9 Å². The van der Waals surface area contributed by atoms with Crippen molar-refractivity contribution in [3.8, 4) is 11.1 Å². The zero-order valence-electron chi connectivity index (χ0n) is 29.6. The lowest BCUT2D eigenvalue weighted by molar-refractivity contribution is -0.453. The summed E-state index contributed by atoms with van der Waals surface area (Å²) in [6, 6.07) is 8.95. The molecule has 2 aromatic rings. The topological polar surface area (TPSA) is 9.23 Å². The van der Waals surface area contributed by atoms with Crippen LogP contribution in [-0.2, 0) is 17.6 Å². The van der Waals surface area contributed by atoms with Crippen molar-refractivity contribution in [2.75, 3.05) is 13.2 Å². The molecular weight excluding hydrogens is 783 g/mol. The van der Waals surface area contributed by atoms with Gasteiger partial charge in [0.2, 0.25) is 0 Å². The molecule has 0 amide bonds. The zero-order valence-corrected chi connectivity index (χ0v) is 29.6. The Bertz CT molecular complexity index is 1510. The average Bonchev–Trinajstić information content (AvgIpc) is 3.10. The average molecular weight is 825 g/mol. The monoisotopic (exact) mass is 824 g/mol. The quantitative estimate of drug-likeness (QED) is 0.0955.